The second kappa shape index (κ2) is 8.43. The monoisotopic (exact) mass is 404 g/mol. The highest BCUT2D eigenvalue weighted by atomic mass is 32.2. The number of nitrogens with one attached hydrogen (secondary N) is 1. The van der Waals surface area contributed by atoms with Gasteiger partial charge in [-0.2, -0.15) is 0 Å². The van der Waals surface area contributed by atoms with Crippen LogP contribution in [0.4, 0.5) is 5.82 Å². The van der Waals surface area contributed by atoms with Gasteiger partial charge in [-0.05, 0) is 44.7 Å². The van der Waals surface area contributed by atoms with E-state index in [-0.39, 0.29) is 10.9 Å². The van der Waals surface area contributed by atoms with Crippen molar-refractivity contribution in [3.8, 4) is 0 Å². The van der Waals surface area contributed by atoms with Crippen molar-refractivity contribution in [2.45, 2.75) is 69.2 Å². The Morgan fingerprint density at radius 2 is 1.96 bits per heavy atom. The fraction of sp³-hybridized carbons (Fsp3) is 0.550. The molecule has 152 valence electrons. The average molecular weight is 405 g/mol. The van der Waals surface area contributed by atoms with Crippen molar-refractivity contribution in [2.75, 3.05) is 5.32 Å². The van der Waals surface area contributed by atoms with Crippen LogP contribution < -0.4 is 5.32 Å². The molecule has 7 nitrogen and oxygen atoms in total. The Kier molecular flexibility index (Phi) is 6.17. The lowest BCUT2D eigenvalue weighted by Gasteiger charge is -2.21. The number of hydrogen-bond acceptors (Lipinski definition) is 5. The first-order valence-electron chi connectivity index (χ1n) is 9.78. The van der Waals surface area contributed by atoms with E-state index in [1.54, 1.807) is 30.7 Å². The lowest BCUT2D eigenvalue weighted by molar-refractivity contribution is -0.119. The van der Waals surface area contributed by atoms with E-state index < -0.39 is 21.1 Å². The molecule has 1 amide bonds. The Labute approximate surface area is 166 Å². The molecule has 2 heterocycles. The summed E-state index contributed by atoms with van der Waals surface area (Å²) in [5, 5.41) is 2.32. The minimum atomic E-state index is -3.48. The first-order chi connectivity index (χ1) is 13.3. The minimum absolute atomic E-state index is 0.0141. The van der Waals surface area contributed by atoms with Crippen molar-refractivity contribution >= 4 is 21.6 Å². The molecule has 1 N–H and O–H groups in total. The molecule has 0 spiro atoms. The van der Waals surface area contributed by atoms with E-state index in [1.807, 2.05) is 13.0 Å². The predicted octanol–water partition coefficient (Wildman–Crippen LogP) is 3.53. The number of aryl methyl sites for hydroxylation is 1. The summed E-state index contributed by atoms with van der Waals surface area (Å²) in [4.78, 5) is 21.4. The largest absolute Gasteiger partial charge is 0.324 e. The van der Waals surface area contributed by atoms with Crippen LogP contribution in [0.1, 0.15) is 57.6 Å². The van der Waals surface area contributed by atoms with Gasteiger partial charge in [0.2, 0.25) is 5.91 Å². The third kappa shape index (κ3) is 4.60. The van der Waals surface area contributed by atoms with E-state index >= 15 is 0 Å². The summed E-state index contributed by atoms with van der Waals surface area (Å²) >= 11 is 0. The van der Waals surface area contributed by atoms with Gasteiger partial charge in [0.1, 0.15) is 11.9 Å². The summed E-state index contributed by atoms with van der Waals surface area (Å²) in [5.41, 5.74) is 1.01. The number of amides is 1. The summed E-state index contributed by atoms with van der Waals surface area (Å²) in [6.45, 7) is 5.18. The van der Waals surface area contributed by atoms with Crippen molar-refractivity contribution in [2.24, 2.45) is 5.92 Å². The molecule has 1 atom stereocenters. The lowest BCUT2D eigenvalue weighted by atomic mass is 9.97. The normalized spacial score (nSPS) is 16.4. The van der Waals surface area contributed by atoms with Gasteiger partial charge in [-0.25, -0.2) is 18.4 Å². The molecule has 0 bridgehead atoms. The number of imidazole rings is 1. The van der Waals surface area contributed by atoms with Crippen molar-refractivity contribution in [1.29, 1.82) is 0 Å². The number of carbonyl (C=O) groups is 1. The number of rotatable bonds is 7. The van der Waals surface area contributed by atoms with Gasteiger partial charge in [0, 0.05) is 12.4 Å². The maximum absolute atomic E-state index is 13.0. The van der Waals surface area contributed by atoms with E-state index in [4.69, 9.17) is 0 Å². The summed E-state index contributed by atoms with van der Waals surface area (Å²) in [6, 6.07) is 3.14. The highest BCUT2D eigenvalue weighted by Gasteiger charge is 2.29. The van der Waals surface area contributed by atoms with E-state index in [0.717, 1.165) is 18.4 Å². The second-order valence-corrected chi connectivity index (χ2v) is 10.3. The zero-order valence-electron chi connectivity index (χ0n) is 16.6. The third-order valence-electron chi connectivity index (χ3n) is 5.35. The molecule has 3 rings (SSSR count). The molecule has 0 aromatic carbocycles. The fourth-order valence-electron chi connectivity index (χ4n) is 3.55. The Morgan fingerprint density at radius 1 is 1.25 bits per heavy atom. The van der Waals surface area contributed by atoms with Gasteiger partial charge in [0.25, 0.3) is 0 Å². The van der Waals surface area contributed by atoms with E-state index in [0.29, 0.717) is 18.2 Å². The quantitative estimate of drug-likeness (QED) is 0.762. The topological polar surface area (TPSA) is 94.0 Å². The fourth-order valence-corrected chi connectivity index (χ4v) is 4.50. The maximum Gasteiger partial charge on any atom is 0.248 e. The SMILES string of the molecule is Cc1ccc(NC(=O)[C@H](CC2CCCC2)n2cnc(S(=O)(=O)C(C)C)c2)nc1. The Bertz CT molecular complexity index is 913. The summed E-state index contributed by atoms with van der Waals surface area (Å²) < 4.78 is 26.5. The highest BCUT2D eigenvalue weighted by molar-refractivity contribution is 7.91. The number of carbonyl (C=O) groups excluding carboxylic acids is 1. The molecule has 2 aromatic heterocycles. The molecular weight excluding hydrogens is 376 g/mol. The minimum Gasteiger partial charge on any atom is -0.324 e. The summed E-state index contributed by atoms with van der Waals surface area (Å²) in [5.74, 6) is 0.741. The van der Waals surface area contributed by atoms with Crippen LogP contribution >= 0.6 is 0 Å². The number of sulfone groups is 1. The summed E-state index contributed by atoms with van der Waals surface area (Å²) in [6.07, 6.45) is 9.84. The Balaban J connectivity index is 1.85. The molecule has 1 saturated carbocycles. The number of nitrogens with zero attached hydrogens (tertiary/aromatic N) is 3. The van der Waals surface area contributed by atoms with Crippen LogP contribution in [0.3, 0.4) is 0 Å². The van der Waals surface area contributed by atoms with Gasteiger partial charge >= 0.3 is 0 Å². The zero-order valence-corrected chi connectivity index (χ0v) is 17.4. The Hall–Kier alpha value is -2.22. The van der Waals surface area contributed by atoms with Crippen LogP contribution in [0.5, 0.6) is 0 Å². The Morgan fingerprint density at radius 3 is 2.57 bits per heavy atom. The van der Waals surface area contributed by atoms with E-state index in [2.05, 4.69) is 15.3 Å². The molecule has 1 fully saturated rings. The second-order valence-electron chi connectivity index (χ2n) is 7.86. The average Bonchev–Trinajstić information content (AvgIpc) is 3.33. The number of hydrogen-bond donors (Lipinski definition) is 1. The third-order valence-corrected chi connectivity index (χ3v) is 7.38. The van der Waals surface area contributed by atoms with Crippen molar-refractivity contribution in [3.63, 3.8) is 0 Å². The molecule has 0 radical (unpaired) electrons. The van der Waals surface area contributed by atoms with Gasteiger partial charge in [-0.15, -0.1) is 0 Å². The number of aromatic nitrogens is 3. The molecule has 2 aromatic rings. The van der Waals surface area contributed by atoms with Gasteiger partial charge in [-0.1, -0.05) is 31.7 Å². The maximum atomic E-state index is 13.0. The predicted molar refractivity (Wildman–Crippen MR) is 108 cm³/mol. The van der Waals surface area contributed by atoms with Crippen molar-refractivity contribution in [3.05, 3.63) is 36.4 Å². The highest BCUT2D eigenvalue weighted by Crippen LogP contribution is 2.33. The molecule has 0 aliphatic heterocycles. The first kappa shape index (κ1) is 20.5. The smallest absolute Gasteiger partial charge is 0.248 e. The van der Waals surface area contributed by atoms with Crippen LogP contribution in [0.2, 0.25) is 0 Å². The van der Waals surface area contributed by atoms with Crippen LogP contribution in [-0.2, 0) is 14.6 Å². The van der Waals surface area contributed by atoms with Crippen molar-refractivity contribution in [1.82, 2.24) is 14.5 Å². The molecule has 1 aliphatic rings. The molecule has 0 saturated heterocycles. The van der Waals surface area contributed by atoms with Crippen LogP contribution in [0.15, 0.2) is 35.9 Å². The van der Waals surface area contributed by atoms with Gasteiger partial charge < -0.3 is 9.88 Å². The standard InChI is InChI=1S/C20H28N4O3S/c1-14(2)28(26,27)19-12-24(13-22-19)17(10-16-6-4-5-7-16)20(25)23-18-9-8-15(3)11-21-18/h8-9,11-14,16-17H,4-7,10H2,1-3H3,(H,21,23,25)/t17-/m0/s1. The van der Waals surface area contributed by atoms with Gasteiger partial charge in [0.15, 0.2) is 14.9 Å². The van der Waals surface area contributed by atoms with Crippen LogP contribution in [0.25, 0.3) is 0 Å². The molecule has 8 heteroatoms. The lowest BCUT2D eigenvalue weighted by Crippen LogP contribution is -2.27. The summed E-state index contributed by atoms with van der Waals surface area (Å²) in [7, 11) is -3.48. The first-order valence-corrected chi connectivity index (χ1v) is 11.3. The van der Waals surface area contributed by atoms with Gasteiger partial charge in [0.05, 0.1) is 11.6 Å². The van der Waals surface area contributed by atoms with E-state index in [9.17, 15) is 13.2 Å². The molecule has 0 unspecified atom stereocenters. The van der Waals surface area contributed by atoms with Crippen LogP contribution in [-0.4, -0.2) is 34.1 Å². The van der Waals surface area contributed by atoms with E-state index in [1.165, 1.54) is 25.4 Å². The molecule has 28 heavy (non-hydrogen) atoms. The zero-order chi connectivity index (χ0) is 20.3. The van der Waals surface area contributed by atoms with Crippen molar-refractivity contribution < 1.29 is 13.2 Å². The van der Waals surface area contributed by atoms with Gasteiger partial charge in [-0.3, -0.25) is 4.79 Å². The van der Waals surface area contributed by atoms with Crippen LogP contribution in [0, 0.1) is 12.8 Å². The number of anilines is 1. The molecule has 1 aliphatic carbocycles. The number of pyridine rings is 1. The molecular formula is C20H28N4O3S.